The first-order chi connectivity index (χ1) is 11.0. The average Bonchev–Trinajstić information content (AvgIpc) is 2.90. The SMILES string of the molecule is CCOc1ccc(Cl)cc1CN(C)C(=O)[C@@H]1CC(=O)N(CC)C1. The second-order valence-corrected chi connectivity index (χ2v) is 6.15. The summed E-state index contributed by atoms with van der Waals surface area (Å²) in [6, 6.07) is 5.40. The van der Waals surface area contributed by atoms with Gasteiger partial charge in [0.2, 0.25) is 11.8 Å². The summed E-state index contributed by atoms with van der Waals surface area (Å²) in [7, 11) is 1.75. The largest absolute Gasteiger partial charge is 0.494 e. The molecule has 1 aliphatic rings. The normalized spacial score (nSPS) is 17.5. The Morgan fingerprint density at radius 2 is 2.17 bits per heavy atom. The summed E-state index contributed by atoms with van der Waals surface area (Å²) in [5.41, 5.74) is 0.867. The number of carbonyl (C=O) groups excluding carboxylic acids is 2. The third-order valence-corrected chi connectivity index (χ3v) is 4.29. The molecule has 6 heteroatoms. The molecule has 2 rings (SSSR count). The molecular weight excluding hydrogens is 316 g/mol. The van der Waals surface area contributed by atoms with E-state index in [1.807, 2.05) is 26.0 Å². The summed E-state index contributed by atoms with van der Waals surface area (Å²) in [5, 5.41) is 0.609. The zero-order valence-corrected chi connectivity index (χ0v) is 14.6. The molecule has 1 aromatic rings. The summed E-state index contributed by atoms with van der Waals surface area (Å²) < 4.78 is 5.59. The average molecular weight is 339 g/mol. The molecule has 1 heterocycles. The summed E-state index contributed by atoms with van der Waals surface area (Å²) in [5.74, 6) is 0.505. The maximum atomic E-state index is 12.6. The fraction of sp³-hybridized carbons (Fsp3) is 0.529. The van der Waals surface area contributed by atoms with Gasteiger partial charge in [0.15, 0.2) is 0 Å². The molecule has 0 radical (unpaired) electrons. The molecule has 0 spiro atoms. The molecule has 0 unspecified atom stereocenters. The smallest absolute Gasteiger partial charge is 0.228 e. The first-order valence-corrected chi connectivity index (χ1v) is 8.28. The third kappa shape index (κ3) is 4.16. The van der Waals surface area contributed by atoms with Gasteiger partial charge in [-0.3, -0.25) is 9.59 Å². The maximum absolute atomic E-state index is 12.6. The van der Waals surface area contributed by atoms with Crippen molar-refractivity contribution in [2.45, 2.75) is 26.8 Å². The van der Waals surface area contributed by atoms with Gasteiger partial charge in [0.25, 0.3) is 0 Å². The Bertz CT molecular complexity index is 591. The van der Waals surface area contributed by atoms with Crippen molar-refractivity contribution in [1.29, 1.82) is 0 Å². The number of ether oxygens (including phenoxy) is 1. The van der Waals surface area contributed by atoms with Gasteiger partial charge in [0.05, 0.1) is 12.5 Å². The number of rotatable bonds is 6. The van der Waals surface area contributed by atoms with E-state index in [1.54, 1.807) is 22.9 Å². The highest BCUT2D eigenvalue weighted by molar-refractivity contribution is 6.30. The Morgan fingerprint density at radius 3 is 2.78 bits per heavy atom. The lowest BCUT2D eigenvalue weighted by Gasteiger charge is -2.22. The highest BCUT2D eigenvalue weighted by atomic mass is 35.5. The van der Waals surface area contributed by atoms with Gasteiger partial charge in [0.1, 0.15) is 5.75 Å². The van der Waals surface area contributed by atoms with E-state index in [-0.39, 0.29) is 17.7 Å². The van der Waals surface area contributed by atoms with Gasteiger partial charge in [-0.2, -0.15) is 0 Å². The molecule has 0 aliphatic carbocycles. The molecule has 2 amide bonds. The zero-order chi connectivity index (χ0) is 17.0. The minimum absolute atomic E-state index is 0.0169. The van der Waals surface area contributed by atoms with Gasteiger partial charge >= 0.3 is 0 Å². The third-order valence-electron chi connectivity index (χ3n) is 4.05. The molecule has 0 saturated carbocycles. The van der Waals surface area contributed by atoms with Crippen LogP contribution in [-0.4, -0.2) is 48.4 Å². The van der Waals surface area contributed by atoms with Crippen LogP contribution in [0, 0.1) is 5.92 Å². The Morgan fingerprint density at radius 1 is 1.43 bits per heavy atom. The minimum Gasteiger partial charge on any atom is -0.494 e. The molecule has 126 valence electrons. The number of carbonyl (C=O) groups is 2. The van der Waals surface area contributed by atoms with Gasteiger partial charge in [0, 0.05) is 43.7 Å². The lowest BCUT2D eigenvalue weighted by Crippen LogP contribution is -2.34. The second-order valence-electron chi connectivity index (χ2n) is 5.71. The van der Waals surface area contributed by atoms with Crippen LogP contribution in [0.25, 0.3) is 0 Å². The zero-order valence-electron chi connectivity index (χ0n) is 13.8. The lowest BCUT2D eigenvalue weighted by molar-refractivity contribution is -0.135. The molecule has 0 N–H and O–H groups in total. The molecule has 1 fully saturated rings. The maximum Gasteiger partial charge on any atom is 0.228 e. The van der Waals surface area contributed by atoms with Crippen molar-refractivity contribution < 1.29 is 14.3 Å². The predicted octanol–water partition coefficient (Wildman–Crippen LogP) is 2.57. The number of amides is 2. The van der Waals surface area contributed by atoms with Crippen molar-refractivity contribution >= 4 is 23.4 Å². The Kier molecular flexibility index (Phi) is 5.88. The summed E-state index contributed by atoms with van der Waals surface area (Å²) in [6.45, 7) is 5.95. The van der Waals surface area contributed by atoms with Crippen LogP contribution in [-0.2, 0) is 16.1 Å². The highest BCUT2D eigenvalue weighted by Gasteiger charge is 2.34. The highest BCUT2D eigenvalue weighted by Crippen LogP contribution is 2.26. The molecule has 1 saturated heterocycles. The number of hydrogen-bond acceptors (Lipinski definition) is 3. The van der Waals surface area contributed by atoms with Crippen LogP contribution in [0.4, 0.5) is 0 Å². The van der Waals surface area contributed by atoms with E-state index in [9.17, 15) is 9.59 Å². The van der Waals surface area contributed by atoms with Gasteiger partial charge in [-0.05, 0) is 32.0 Å². The van der Waals surface area contributed by atoms with Gasteiger partial charge in [-0.25, -0.2) is 0 Å². The van der Waals surface area contributed by atoms with Crippen LogP contribution in [0.1, 0.15) is 25.8 Å². The molecule has 5 nitrogen and oxygen atoms in total. The molecule has 23 heavy (non-hydrogen) atoms. The topological polar surface area (TPSA) is 49.9 Å². The minimum atomic E-state index is -0.262. The summed E-state index contributed by atoms with van der Waals surface area (Å²) in [6.07, 6.45) is 0.297. The molecule has 1 aliphatic heterocycles. The number of halogens is 1. The number of likely N-dealkylation sites (tertiary alicyclic amines) is 1. The Hall–Kier alpha value is -1.75. The van der Waals surface area contributed by atoms with Gasteiger partial charge in [-0.1, -0.05) is 11.6 Å². The van der Waals surface area contributed by atoms with Crippen molar-refractivity contribution in [3.8, 4) is 5.75 Å². The van der Waals surface area contributed by atoms with E-state index in [2.05, 4.69) is 0 Å². The fourth-order valence-electron chi connectivity index (χ4n) is 2.86. The van der Waals surface area contributed by atoms with E-state index in [1.165, 1.54) is 0 Å². The van der Waals surface area contributed by atoms with Crippen molar-refractivity contribution in [2.24, 2.45) is 5.92 Å². The van der Waals surface area contributed by atoms with E-state index in [0.29, 0.717) is 37.7 Å². The van der Waals surface area contributed by atoms with E-state index in [4.69, 9.17) is 16.3 Å². The van der Waals surface area contributed by atoms with Crippen LogP contribution in [0.2, 0.25) is 5.02 Å². The van der Waals surface area contributed by atoms with E-state index >= 15 is 0 Å². The van der Waals surface area contributed by atoms with Crippen molar-refractivity contribution in [3.63, 3.8) is 0 Å². The van der Waals surface area contributed by atoms with E-state index < -0.39 is 0 Å². The fourth-order valence-corrected chi connectivity index (χ4v) is 3.05. The van der Waals surface area contributed by atoms with Crippen molar-refractivity contribution in [3.05, 3.63) is 28.8 Å². The van der Waals surface area contributed by atoms with Gasteiger partial charge in [-0.15, -0.1) is 0 Å². The summed E-state index contributed by atoms with van der Waals surface area (Å²) in [4.78, 5) is 27.8. The molecule has 0 bridgehead atoms. The quantitative estimate of drug-likeness (QED) is 0.801. The molecule has 0 aromatic heterocycles. The van der Waals surface area contributed by atoms with Crippen molar-refractivity contribution in [1.82, 2.24) is 9.80 Å². The first-order valence-electron chi connectivity index (χ1n) is 7.90. The summed E-state index contributed by atoms with van der Waals surface area (Å²) >= 11 is 6.05. The molecular formula is C17H23ClN2O3. The standard InChI is InChI=1S/C17H23ClN2O3/c1-4-20-11-13(9-16(20)21)17(22)19(3)10-12-8-14(18)6-7-15(12)23-5-2/h6-8,13H,4-5,9-11H2,1-3H3/t13-/m1/s1. The van der Waals surface area contributed by atoms with E-state index in [0.717, 1.165) is 11.3 Å². The van der Waals surface area contributed by atoms with Crippen LogP contribution in [0.3, 0.4) is 0 Å². The van der Waals surface area contributed by atoms with Crippen molar-refractivity contribution in [2.75, 3.05) is 26.7 Å². The van der Waals surface area contributed by atoms with Crippen LogP contribution in [0.15, 0.2) is 18.2 Å². The second kappa shape index (κ2) is 7.68. The monoisotopic (exact) mass is 338 g/mol. The van der Waals surface area contributed by atoms with Crippen LogP contribution in [0.5, 0.6) is 5.75 Å². The Balaban J connectivity index is 2.07. The van der Waals surface area contributed by atoms with Gasteiger partial charge < -0.3 is 14.5 Å². The number of nitrogens with zero attached hydrogens (tertiary/aromatic N) is 2. The first kappa shape index (κ1) is 17.6. The van der Waals surface area contributed by atoms with Crippen LogP contribution >= 0.6 is 11.6 Å². The molecule has 1 atom stereocenters. The van der Waals surface area contributed by atoms with Crippen LogP contribution < -0.4 is 4.74 Å². The number of hydrogen-bond donors (Lipinski definition) is 0. The Labute approximate surface area is 142 Å². The molecule has 1 aromatic carbocycles. The predicted molar refractivity (Wildman–Crippen MR) is 89.5 cm³/mol. The number of benzene rings is 1. The lowest BCUT2D eigenvalue weighted by atomic mass is 10.1.